The van der Waals surface area contributed by atoms with E-state index in [4.69, 9.17) is 0 Å². The lowest BCUT2D eigenvalue weighted by molar-refractivity contribution is -0.0868. The number of aliphatic hydroxyl groups is 3. The fourth-order valence-corrected chi connectivity index (χ4v) is 1.77. The molecule has 3 nitrogen and oxygen atoms in total. The van der Waals surface area contributed by atoms with Crippen molar-refractivity contribution in [1.82, 2.24) is 0 Å². The minimum absolute atomic E-state index is 0.286. The first-order chi connectivity index (χ1) is 5.84. The van der Waals surface area contributed by atoms with Crippen molar-refractivity contribution in [3.63, 3.8) is 0 Å². The molecule has 3 heteroatoms. The lowest BCUT2D eigenvalue weighted by Crippen LogP contribution is -2.47. The highest BCUT2D eigenvalue weighted by Gasteiger charge is 2.38. The van der Waals surface area contributed by atoms with E-state index in [1.54, 1.807) is 20.8 Å². The largest absolute Gasteiger partial charge is 0.390 e. The molecule has 76 valence electrons. The maximum atomic E-state index is 9.72. The molecule has 0 amide bonds. The van der Waals surface area contributed by atoms with Crippen molar-refractivity contribution < 1.29 is 15.3 Å². The van der Waals surface area contributed by atoms with Crippen LogP contribution in [0.15, 0.2) is 11.6 Å². The molecule has 0 saturated carbocycles. The predicted octanol–water partition coefficient (Wildman–Crippen LogP) is 0.445. The molecule has 0 bridgehead atoms. The van der Waals surface area contributed by atoms with Crippen molar-refractivity contribution in [3.05, 3.63) is 11.6 Å². The quantitative estimate of drug-likeness (QED) is 0.521. The summed E-state index contributed by atoms with van der Waals surface area (Å²) in [7, 11) is 0. The topological polar surface area (TPSA) is 60.7 Å². The van der Waals surface area contributed by atoms with Gasteiger partial charge in [0.05, 0.1) is 11.7 Å². The maximum absolute atomic E-state index is 9.72. The molecule has 3 N–H and O–H groups in total. The van der Waals surface area contributed by atoms with Gasteiger partial charge in [-0.15, -0.1) is 0 Å². The van der Waals surface area contributed by atoms with E-state index >= 15 is 0 Å². The second-order valence-electron chi connectivity index (χ2n) is 4.38. The Kier molecular flexibility index (Phi) is 2.80. The summed E-state index contributed by atoms with van der Waals surface area (Å²) in [6.07, 6.45) is 0.809. The lowest BCUT2D eigenvalue weighted by atomic mass is 9.76. The molecule has 0 unspecified atom stereocenters. The fourth-order valence-electron chi connectivity index (χ4n) is 1.77. The molecule has 0 heterocycles. The second-order valence-corrected chi connectivity index (χ2v) is 4.38. The number of aliphatic hydroxyl groups excluding tert-OH is 2. The first-order valence-electron chi connectivity index (χ1n) is 4.59. The van der Waals surface area contributed by atoms with Crippen LogP contribution in [-0.4, -0.2) is 33.1 Å². The van der Waals surface area contributed by atoms with Crippen LogP contribution in [0.1, 0.15) is 27.2 Å². The van der Waals surface area contributed by atoms with E-state index in [0.717, 1.165) is 5.57 Å². The molecule has 3 atom stereocenters. The first kappa shape index (κ1) is 10.7. The van der Waals surface area contributed by atoms with Gasteiger partial charge >= 0.3 is 0 Å². The van der Waals surface area contributed by atoms with Crippen LogP contribution in [0.5, 0.6) is 0 Å². The van der Waals surface area contributed by atoms with E-state index in [-0.39, 0.29) is 5.92 Å². The summed E-state index contributed by atoms with van der Waals surface area (Å²) in [5.41, 5.74) is -0.162. The molecule has 1 aliphatic carbocycles. The van der Waals surface area contributed by atoms with E-state index in [1.165, 1.54) is 0 Å². The molecule has 0 aliphatic heterocycles. The fraction of sp³-hybridized carbons (Fsp3) is 0.800. The van der Waals surface area contributed by atoms with Gasteiger partial charge < -0.3 is 15.3 Å². The zero-order chi connectivity index (χ0) is 10.2. The average molecular weight is 186 g/mol. The van der Waals surface area contributed by atoms with Crippen LogP contribution in [0.2, 0.25) is 0 Å². The van der Waals surface area contributed by atoms with Crippen LogP contribution >= 0.6 is 0 Å². The second kappa shape index (κ2) is 3.40. The number of allylic oxidation sites excluding steroid dienone is 1. The molecular weight excluding hydrogens is 168 g/mol. The molecule has 0 aromatic carbocycles. The van der Waals surface area contributed by atoms with Crippen LogP contribution in [0.4, 0.5) is 0 Å². The van der Waals surface area contributed by atoms with Crippen molar-refractivity contribution in [2.75, 3.05) is 0 Å². The van der Waals surface area contributed by atoms with Gasteiger partial charge in [-0.1, -0.05) is 6.08 Å². The first-order valence-corrected chi connectivity index (χ1v) is 4.59. The summed E-state index contributed by atoms with van der Waals surface area (Å²) in [6.45, 7) is 5.10. The summed E-state index contributed by atoms with van der Waals surface area (Å²) in [6, 6.07) is 0. The number of rotatable bonds is 1. The van der Waals surface area contributed by atoms with Crippen LogP contribution in [-0.2, 0) is 0 Å². The Morgan fingerprint density at radius 1 is 1.38 bits per heavy atom. The van der Waals surface area contributed by atoms with Crippen molar-refractivity contribution in [3.8, 4) is 0 Å². The predicted molar refractivity (Wildman–Crippen MR) is 50.2 cm³/mol. The van der Waals surface area contributed by atoms with E-state index in [2.05, 4.69) is 0 Å². The summed E-state index contributed by atoms with van der Waals surface area (Å²) in [4.78, 5) is 0. The molecule has 0 aromatic rings. The summed E-state index contributed by atoms with van der Waals surface area (Å²) >= 11 is 0. The Balaban J connectivity index is 2.83. The molecule has 1 aliphatic rings. The molecule has 0 aromatic heterocycles. The van der Waals surface area contributed by atoms with Gasteiger partial charge in [0, 0.05) is 5.92 Å². The van der Waals surface area contributed by atoms with Crippen LogP contribution in [0.3, 0.4) is 0 Å². The summed E-state index contributed by atoms with van der Waals surface area (Å²) < 4.78 is 0. The van der Waals surface area contributed by atoms with Crippen molar-refractivity contribution in [1.29, 1.82) is 0 Å². The zero-order valence-electron chi connectivity index (χ0n) is 8.36. The third-order valence-electron chi connectivity index (χ3n) is 2.80. The van der Waals surface area contributed by atoms with E-state index in [1.807, 2.05) is 6.08 Å². The van der Waals surface area contributed by atoms with Crippen LogP contribution in [0.25, 0.3) is 0 Å². The highest BCUT2D eigenvalue weighted by atomic mass is 16.3. The highest BCUT2D eigenvalue weighted by molar-refractivity contribution is 5.14. The van der Waals surface area contributed by atoms with Gasteiger partial charge in [-0.25, -0.2) is 0 Å². The zero-order valence-corrected chi connectivity index (χ0v) is 8.36. The highest BCUT2D eigenvalue weighted by Crippen LogP contribution is 2.32. The third kappa shape index (κ3) is 2.10. The lowest BCUT2D eigenvalue weighted by Gasteiger charge is -2.38. The standard InChI is InChI=1S/C10H18O3/c1-6-4-5-7(10(2,3)13)9(12)8(6)11/h4,7-9,11-13H,5H2,1-3H3/t7-,8-,9-/m1/s1. The van der Waals surface area contributed by atoms with Gasteiger partial charge in [0.1, 0.15) is 6.10 Å². The Morgan fingerprint density at radius 3 is 2.38 bits per heavy atom. The monoisotopic (exact) mass is 186 g/mol. The molecule has 0 fully saturated rings. The SMILES string of the molecule is CC1=CC[C@@H](C(C)(C)O)[C@@H](O)[C@@H]1O. The van der Waals surface area contributed by atoms with Crippen molar-refractivity contribution in [2.45, 2.75) is 45.0 Å². The Hall–Kier alpha value is -0.380. The Labute approximate surface area is 78.7 Å². The van der Waals surface area contributed by atoms with Gasteiger partial charge in [0.2, 0.25) is 0 Å². The van der Waals surface area contributed by atoms with Crippen molar-refractivity contribution in [2.24, 2.45) is 5.92 Å². The minimum Gasteiger partial charge on any atom is -0.390 e. The molecule has 0 saturated heterocycles. The van der Waals surface area contributed by atoms with Gasteiger partial charge in [0.25, 0.3) is 0 Å². The summed E-state index contributed by atoms with van der Waals surface area (Å²) in [5.74, 6) is -0.286. The van der Waals surface area contributed by atoms with E-state index < -0.39 is 17.8 Å². The third-order valence-corrected chi connectivity index (χ3v) is 2.80. The Bertz CT molecular complexity index is 215. The normalized spacial score (nSPS) is 35.8. The smallest absolute Gasteiger partial charge is 0.101 e. The Morgan fingerprint density at radius 2 is 1.92 bits per heavy atom. The van der Waals surface area contributed by atoms with Gasteiger partial charge in [0.15, 0.2) is 0 Å². The average Bonchev–Trinajstić information content (AvgIpc) is 1.98. The van der Waals surface area contributed by atoms with E-state index in [9.17, 15) is 15.3 Å². The minimum atomic E-state index is -0.947. The maximum Gasteiger partial charge on any atom is 0.101 e. The number of hydrogen-bond acceptors (Lipinski definition) is 3. The molecular formula is C10H18O3. The molecule has 0 radical (unpaired) electrons. The van der Waals surface area contributed by atoms with Crippen molar-refractivity contribution >= 4 is 0 Å². The number of hydrogen-bond donors (Lipinski definition) is 3. The molecule has 0 spiro atoms. The summed E-state index contributed by atoms with van der Waals surface area (Å²) in [5, 5.41) is 29.0. The van der Waals surface area contributed by atoms with Crippen LogP contribution < -0.4 is 0 Å². The molecule has 1 rings (SSSR count). The van der Waals surface area contributed by atoms with E-state index in [0.29, 0.717) is 6.42 Å². The van der Waals surface area contributed by atoms with Crippen LogP contribution in [0, 0.1) is 5.92 Å². The van der Waals surface area contributed by atoms with Gasteiger partial charge in [-0.3, -0.25) is 0 Å². The van der Waals surface area contributed by atoms with Gasteiger partial charge in [-0.2, -0.15) is 0 Å². The van der Waals surface area contributed by atoms with Gasteiger partial charge in [-0.05, 0) is 32.8 Å². The molecule has 13 heavy (non-hydrogen) atoms.